The smallest absolute Gasteiger partial charge is 0.215 e. The number of aryl methyl sites for hydroxylation is 1. The van der Waals surface area contributed by atoms with Crippen molar-refractivity contribution in [2.75, 3.05) is 0 Å². The third-order valence-corrected chi connectivity index (χ3v) is 1.74. The van der Waals surface area contributed by atoms with Crippen LogP contribution in [0.15, 0.2) is 4.79 Å². The van der Waals surface area contributed by atoms with Gasteiger partial charge in [-0.25, -0.2) is 4.79 Å². The molecule has 0 bridgehead atoms. The van der Waals surface area contributed by atoms with Crippen molar-refractivity contribution in [1.29, 1.82) is 0 Å². The molecule has 1 aromatic heterocycles. The molecule has 0 saturated carbocycles. The number of tetrazole rings is 1. The zero-order chi connectivity index (χ0) is 8.43. The Hall–Kier alpha value is -1.13. The van der Waals surface area contributed by atoms with E-state index in [9.17, 15) is 4.79 Å². The van der Waals surface area contributed by atoms with Crippen LogP contribution in [0.3, 0.4) is 0 Å². The molecule has 11 heavy (non-hydrogen) atoms. The van der Waals surface area contributed by atoms with Crippen molar-refractivity contribution in [3.63, 3.8) is 0 Å². The first-order valence-corrected chi connectivity index (χ1v) is 3.70. The number of nitrogens with one attached hydrogen (secondary N) is 1. The molecule has 0 aliphatic heterocycles. The van der Waals surface area contributed by atoms with Gasteiger partial charge in [-0.3, -0.25) is 0 Å². The lowest BCUT2D eigenvalue weighted by molar-refractivity contribution is -0.826. The zero-order valence-electron chi connectivity index (χ0n) is 7.03. The van der Waals surface area contributed by atoms with Crippen LogP contribution in [-0.2, 0) is 7.05 Å². The molecule has 1 heterocycles. The van der Waals surface area contributed by atoms with E-state index >= 15 is 0 Å². The molecule has 5 nitrogen and oxygen atoms in total. The number of rotatable bonds is 2. The molecular weight excluding hydrogens is 144 g/mol. The molecule has 0 radical (unpaired) electrons. The maximum Gasteiger partial charge on any atom is 0.465 e. The largest absolute Gasteiger partial charge is 0.465 e. The minimum atomic E-state index is -0.176. The van der Waals surface area contributed by atoms with Crippen LogP contribution in [-0.4, -0.2) is 15.0 Å². The number of aromatic amines is 1. The Labute approximate surface area is 64.6 Å². The quantitative estimate of drug-likeness (QED) is 0.581. The van der Waals surface area contributed by atoms with Crippen molar-refractivity contribution < 1.29 is 4.80 Å². The van der Waals surface area contributed by atoms with Crippen molar-refractivity contribution >= 4 is 0 Å². The number of hydrogen-bond acceptors (Lipinski definition) is 2. The standard InChI is InChI=1S/C6H12N4O/c1-4-5(2)10-7-6(11)9(3)8-10/h5H,4H2,1-3H3/p+1. The second-order valence-corrected chi connectivity index (χ2v) is 2.63. The second kappa shape index (κ2) is 2.86. The first kappa shape index (κ1) is 7.97. The third kappa shape index (κ3) is 1.47. The second-order valence-electron chi connectivity index (χ2n) is 2.63. The lowest BCUT2D eigenvalue weighted by atomic mass is 10.3. The number of aromatic nitrogens is 4. The lowest BCUT2D eigenvalue weighted by Gasteiger charge is -1.96. The maximum absolute atomic E-state index is 10.9. The molecule has 0 fully saturated rings. The van der Waals surface area contributed by atoms with Gasteiger partial charge in [-0.05, 0) is 13.3 Å². The molecule has 0 aliphatic rings. The first-order valence-electron chi connectivity index (χ1n) is 3.70. The molecule has 1 unspecified atom stereocenters. The molecule has 1 rings (SSSR count). The fourth-order valence-corrected chi connectivity index (χ4v) is 0.749. The Morgan fingerprint density at radius 1 is 1.82 bits per heavy atom. The van der Waals surface area contributed by atoms with E-state index in [2.05, 4.69) is 10.3 Å². The Morgan fingerprint density at radius 2 is 2.45 bits per heavy atom. The van der Waals surface area contributed by atoms with E-state index in [0.717, 1.165) is 6.42 Å². The van der Waals surface area contributed by atoms with Crippen LogP contribution in [0.1, 0.15) is 26.3 Å². The van der Waals surface area contributed by atoms with E-state index < -0.39 is 0 Å². The highest BCUT2D eigenvalue weighted by molar-refractivity contribution is 4.42. The highest BCUT2D eigenvalue weighted by Gasteiger charge is 2.13. The van der Waals surface area contributed by atoms with Crippen molar-refractivity contribution in [2.24, 2.45) is 7.05 Å². The van der Waals surface area contributed by atoms with Crippen molar-refractivity contribution in [3.05, 3.63) is 10.5 Å². The summed E-state index contributed by atoms with van der Waals surface area (Å²) >= 11 is 0. The third-order valence-electron chi connectivity index (χ3n) is 1.74. The van der Waals surface area contributed by atoms with E-state index in [4.69, 9.17) is 0 Å². The number of nitrogens with zero attached hydrogens (tertiary/aromatic N) is 3. The van der Waals surface area contributed by atoms with E-state index in [1.807, 2.05) is 13.8 Å². The molecule has 0 amide bonds. The highest BCUT2D eigenvalue weighted by atomic mass is 16.2. The monoisotopic (exact) mass is 157 g/mol. The summed E-state index contributed by atoms with van der Waals surface area (Å²) in [6, 6.07) is 0.254. The van der Waals surface area contributed by atoms with Crippen molar-refractivity contribution in [3.8, 4) is 0 Å². The summed E-state index contributed by atoms with van der Waals surface area (Å²) in [5.74, 6) is 0. The Balaban J connectivity index is 2.97. The topological polar surface area (TPSA) is 54.6 Å². The summed E-state index contributed by atoms with van der Waals surface area (Å²) in [4.78, 5) is 12.5. The molecule has 5 heteroatoms. The van der Waals surface area contributed by atoms with E-state index in [1.54, 1.807) is 11.8 Å². The highest BCUT2D eigenvalue weighted by Crippen LogP contribution is 1.94. The van der Waals surface area contributed by atoms with E-state index in [0.29, 0.717) is 0 Å². The molecule has 0 aliphatic carbocycles. The fraction of sp³-hybridized carbons (Fsp3) is 0.833. The van der Waals surface area contributed by atoms with Gasteiger partial charge in [0.1, 0.15) is 18.3 Å². The number of H-pyrrole nitrogens is 1. The molecule has 1 N–H and O–H groups in total. The van der Waals surface area contributed by atoms with E-state index in [1.165, 1.54) is 4.68 Å². The molecule has 0 spiro atoms. The van der Waals surface area contributed by atoms with Crippen LogP contribution in [0.4, 0.5) is 0 Å². The minimum Gasteiger partial charge on any atom is -0.215 e. The van der Waals surface area contributed by atoms with Gasteiger partial charge in [0, 0.05) is 0 Å². The summed E-state index contributed by atoms with van der Waals surface area (Å²) in [6.45, 7) is 4.05. The van der Waals surface area contributed by atoms with Crippen LogP contribution in [0.2, 0.25) is 0 Å². The molecule has 0 saturated heterocycles. The summed E-state index contributed by atoms with van der Waals surface area (Å²) in [6.07, 6.45) is 0.956. The number of hydrogen-bond donors (Lipinski definition) is 1. The van der Waals surface area contributed by atoms with Gasteiger partial charge in [0.2, 0.25) is 0 Å². The van der Waals surface area contributed by atoms with Gasteiger partial charge in [0.15, 0.2) is 0 Å². The van der Waals surface area contributed by atoms with Gasteiger partial charge in [-0.1, -0.05) is 16.4 Å². The average molecular weight is 157 g/mol. The van der Waals surface area contributed by atoms with Gasteiger partial charge < -0.3 is 0 Å². The first-order chi connectivity index (χ1) is 5.15. The lowest BCUT2D eigenvalue weighted by Crippen LogP contribution is -2.43. The van der Waals surface area contributed by atoms with Gasteiger partial charge >= 0.3 is 5.69 Å². The molecule has 62 valence electrons. The fourth-order valence-electron chi connectivity index (χ4n) is 0.749. The van der Waals surface area contributed by atoms with Crippen LogP contribution in [0.25, 0.3) is 0 Å². The molecule has 1 aromatic rings. The van der Waals surface area contributed by atoms with Crippen LogP contribution < -0.4 is 10.5 Å². The molecular formula is C6H13N4O+. The zero-order valence-corrected chi connectivity index (χ0v) is 7.03. The van der Waals surface area contributed by atoms with Crippen LogP contribution in [0.5, 0.6) is 0 Å². The van der Waals surface area contributed by atoms with Crippen molar-refractivity contribution in [2.45, 2.75) is 26.3 Å². The average Bonchev–Trinajstić information content (AvgIpc) is 2.31. The van der Waals surface area contributed by atoms with Gasteiger partial charge in [0.25, 0.3) is 0 Å². The van der Waals surface area contributed by atoms with Gasteiger partial charge in [-0.2, -0.15) is 0 Å². The van der Waals surface area contributed by atoms with Gasteiger partial charge in [0.05, 0.1) is 0 Å². The SMILES string of the molecule is CCC(C)[n+]1nn(C)c(=O)[nH]1. The van der Waals surface area contributed by atoms with Gasteiger partial charge in [-0.15, -0.1) is 5.10 Å². The summed E-state index contributed by atoms with van der Waals surface area (Å²) < 4.78 is 1.28. The normalized spacial score (nSPS) is 13.4. The summed E-state index contributed by atoms with van der Waals surface area (Å²) in [7, 11) is 1.62. The Bertz CT molecular complexity index is 287. The minimum absolute atomic E-state index is 0.176. The Kier molecular flexibility index (Phi) is 2.07. The van der Waals surface area contributed by atoms with Crippen LogP contribution in [0, 0.1) is 0 Å². The predicted molar refractivity (Wildman–Crippen MR) is 39.0 cm³/mol. The van der Waals surface area contributed by atoms with E-state index in [-0.39, 0.29) is 11.7 Å². The summed E-state index contributed by atoms with van der Waals surface area (Å²) in [5.41, 5.74) is -0.176. The maximum atomic E-state index is 10.9. The predicted octanol–water partition coefficient (Wildman–Crippen LogP) is -0.633. The van der Waals surface area contributed by atoms with Crippen molar-refractivity contribution in [1.82, 2.24) is 15.0 Å². The Morgan fingerprint density at radius 3 is 2.82 bits per heavy atom. The van der Waals surface area contributed by atoms with Crippen LogP contribution >= 0.6 is 0 Å². The molecule has 0 aromatic carbocycles. The molecule has 1 atom stereocenters. The summed E-state index contributed by atoms with van der Waals surface area (Å²) in [5, 5.41) is 6.55.